The van der Waals surface area contributed by atoms with E-state index in [1.165, 1.54) is 6.42 Å². The second-order valence-electron chi connectivity index (χ2n) is 16.8. The maximum absolute atomic E-state index is 12.6. The van der Waals surface area contributed by atoms with Crippen LogP contribution in [0.15, 0.2) is 18.2 Å². The van der Waals surface area contributed by atoms with E-state index >= 15 is 0 Å². The number of carbonyl (C=O) groups is 3. The highest BCUT2D eigenvalue weighted by Gasteiger charge is 2.62. The van der Waals surface area contributed by atoms with Gasteiger partial charge in [0.15, 0.2) is 13.2 Å². The van der Waals surface area contributed by atoms with Gasteiger partial charge in [-0.3, -0.25) is 14.4 Å². The van der Waals surface area contributed by atoms with E-state index in [0.717, 1.165) is 108 Å². The molecule has 1 unspecified atom stereocenters. The summed E-state index contributed by atoms with van der Waals surface area (Å²) in [6.45, 7) is 10.3. The molecule has 280 valence electrons. The number of unbranched alkanes of at least 4 members (excludes halogenated alkanes) is 4. The van der Waals surface area contributed by atoms with Gasteiger partial charge in [-0.15, -0.1) is 0 Å². The van der Waals surface area contributed by atoms with E-state index in [4.69, 9.17) is 9.47 Å². The Hall–Kier alpha value is -2.61. The van der Waals surface area contributed by atoms with Gasteiger partial charge in [0.05, 0.1) is 6.10 Å². The van der Waals surface area contributed by atoms with Crippen LogP contribution in [0.1, 0.15) is 136 Å². The van der Waals surface area contributed by atoms with Crippen LogP contribution in [0.2, 0.25) is 0 Å². The highest BCUT2D eigenvalue weighted by molar-refractivity contribution is 5.80. The molecule has 0 heterocycles. The van der Waals surface area contributed by atoms with Gasteiger partial charge in [0.1, 0.15) is 17.3 Å². The van der Waals surface area contributed by atoms with Gasteiger partial charge in [-0.1, -0.05) is 53.4 Å². The van der Waals surface area contributed by atoms with E-state index in [1.807, 2.05) is 12.1 Å². The minimum absolute atomic E-state index is 0.0253. The van der Waals surface area contributed by atoms with Crippen LogP contribution in [0.25, 0.3) is 0 Å². The number of rotatable bonds is 18. The molecular formula is C42H66N2O6. The number of nitrogens with one attached hydrogen (secondary N) is 2. The quantitative estimate of drug-likeness (QED) is 0.137. The summed E-state index contributed by atoms with van der Waals surface area (Å²) in [6, 6.07) is 5.79. The van der Waals surface area contributed by atoms with Crippen LogP contribution in [0.5, 0.6) is 11.5 Å². The average molecular weight is 695 g/mol. The minimum Gasteiger partial charge on any atom is -0.484 e. The minimum atomic E-state index is -0.226. The van der Waals surface area contributed by atoms with E-state index in [0.29, 0.717) is 60.0 Å². The Morgan fingerprint density at radius 2 is 1.48 bits per heavy atom. The second-order valence-corrected chi connectivity index (χ2v) is 16.8. The molecule has 4 saturated carbocycles. The number of fused-ring (bicyclic) bond motifs is 5. The van der Waals surface area contributed by atoms with Crippen LogP contribution in [0, 0.1) is 40.4 Å². The third-order valence-corrected chi connectivity index (χ3v) is 13.4. The summed E-state index contributed by atoms with van der Waals surface area (Å²) in [6.07, 6.45) is 16.9. The van der Waals surface area contributed by atoms with Crippen molar-refractivity contribution >= 4 is 17.6 Å². The number of ketones is 1. The number of amides is 2. The molecule has 0 saturated heterocycles. The van der Waals surface area contributed by atoms with Crippen LogP contribution < -0.4 is 20.1 Å². The number of aliphatic hydroxyl groups is 1. The van der Waals surface area contributed by atoms with Crippen molar-refractivity contribution in [1.29, 1.82) is 0 Å². The smallest absolute Gasteiger partial charge is 0.257 e. The average Bonchev–Trinajstić information content (AvgIpc) is 3.40. The van der Waals surface area contributed by atoms with Crippen LogP contribution >= 0.6 is 0 Å². The zero-order chi connectivity index (χ0) is 35.7. The fourth-order valence-corrected chi connectivity index (χ4v) is 10.8. The molecule has 1 aromatic carbocycles. The molecule has 1 aromatic rings. The number of Topliss-reactive ketones (excluding diaryl/α,β-unsaturated/α-hetero) is 1. The summed E-state index contributed by atoms with van der Waals surface area (Å²) < 4.78 is 12.0. The van der Waals surface area contributed by atoms with Crippen molar-refractivity contribution in [3.8, 4) is 11.5 Å². The number of aliphatic hydroxyl groups excluding tert-OH is 1. The fraction of sp³-hybridized carbons (Fsp3) is 0.786. The number of benzene rings is 1. The molecule has 0 bridgehead atoms. The Kier molecular flexibility index (Phi) is 13.7. The largest absolute Gasteiger partial charge is 0.484 e. The van der Waals surface area contributed by atoms with Gasteiger partial charge in [-0.2, -0.15) is 0 Å². The van der Waals surface area contributed by atoms with E-state index in [-0.39, 0.29) is 42.0 Å². The molecule has 0 aromatic heterocycles. The molecule has 8 nitrogen and oxygen atoms in total. The molecule has 4 aliphatic rings. The Labute approximate surface area is 301 Å². The lowest BCUT2D eigenvalue weighted by Crippen LogP contribution is -2.57. The van der Waals surface area contributed by atoms with Crippen molar-refractivity contribution < 1.29 is 29.0 Å². The van der Waals surface area contributed by atoms with E-state index in [2.05, 4.69) is 38.3 Å². The summed E-state index contributed by atoms with van der Waals surface area (Å²) >= 11 is 0. The lowest BCUT2D eigenvalue weighted by atomic mass is 9.42. The number of hydrogen-bond acceptors (Lipinski definition) is 6. The van der Waals surface area contributed by atoms with Gasteiger partial charge in [0.25, 0.3) is 11.8 Å². The monoisotopic (exact) mass is 694 g/mol. The summed E-state index contributed by atoms with van der Waals surface area (Å²) in [7, 11) is 0. The Bertz CT molecular complexity index is 1250. The second kappa shape index (κ2) is 17.7. The van der Waals surface area contributed by atoms with Gasteiger partial charge in [-0.05, 0) is 129 Å². The molecule has 0 aliphatic heterocycles. The summed E-state index contributed by atoms with van der Waals surface area (Å²) in [5.74, 6) is 4.11. The van der Waals surface area contributed by atoms with Crippen molar-refractivity contribution in [3.05, 3.63) is 23.8 Å². The third-order valence-electron chi connectivity index (χ3n) is 13.4. The molecule has 0 spiro atoms. The van der Waals surface area contributed by atoms with Crippen molar-refractivity contribution in [3.63, 3.8) is 0 Å². The third kappa shape index (κ3) is 9.24. The van der Waals surface area contributed by atoms with Crippen LogP contribution in [-0.4, -0.2) is 55.1 Å². The lowest BCUT2D eigenvalue weighted by Gasteiger charge is -2.62. The fourth-order valence-electron chi connectivity index (χ4n) is 10.8. The van der Waals surface area contributed by atoms with Crippen LogP contribution in [0.3, 0.4) is 0 Å². The van der Waals surface area contributed by atoms with Crippen molar-refractivity contribution in [2.45, 2.75) is 143 Å². The number of carbonyl (C=O) groups excluding carboxylic acids is 3. The summed E-state index contributed by atoms with van der Waals surface area (Å²) in [5, 5.41) is 17.2. The van der Waals surface area contributed by atoms with Gasteiger partial charge >= 0.3 is 0 Å². The molecule has 4 aliphatic carbocycles. The maximum Gasteiger partial charge on any atom is 0.257 e. The molecule has 8 atom stereocenters. The molecule has 3 N–H and O–H groups in total. The van der Waals surface area contributed by atoms with Crippen LogP contribution in [-0.2, 0) is 20.8 Å². The molecule has 8 heteroatoms. The lowest BCUT2D eigenvalue weighted by molar-refractivity contribution is -0.159. The van der Waals surface area contributed by atoms with Crippen molar-refractivity contribution in [2.75, 3.05) is 26.3 Å². The standard InChI is InChI=1S/C42H66N2O6/c1-5-7-9-20-43-38(47)27-49-33-22-29(23-34(25-33)50-28-39(48)44-21-10-8-6-2)12-11-13-30-26-42(4)36(16-17-37(42)46)35-15-14-31-24-32(45)18-19-41(31,3)40(30)35/h22-23,25,30-31,35-37,40,46H,5-21,24,26-28H2,1-4H3,(H,43,47)(H,44,48)/t30-,31?,35-,36-,37-,40-,41-,42-/m0/s1. The number of aryl methyl sites for hydroxylation is 1. The van der Waals surface area contributed by atoms with Gasteiger partial charge in [0, 0.05) is 32.0 Å². The molecule has 0 radical (unpaired) electrons. The topological polar surface area (TPSA) is 114 Å². The Morgan fingerprint density at radius 3 is 2.10 bits per heavy atom. The van der Waals surface area contributed by atoms with E-state index in [1.54, 1.807) is 6.07 Å². The molecule has 5 rings (SSSR count). The Morgan fingerprint density at radius 1 is 0.840 bits per heavy atom. The summed E-state index contributed by atoms with van der Waals surface area (Å²) in [5.41, 5.74) is 1.24. The van der Waals surface area contributed by atoms with E-state index < -0.39 is 0 Å². The normalized spacial score (nSPS) is 31.7. The predicted octanol–water partition coefficient (Wildman–Crippen LogP) is 7.58. The molecule has 2 amide bonds. The first-order valence-corrected chi connectivity index (χ1v) is 20.2. The van der Waals surface area contributed by atoms with E-state index in [9.17, 15) is 19.5 Å². The highest BCUT2D eigenvalue weighted by Crippen LogP contribution is 2.68. The first kappa shape index (κ1) is 38.6. The SMILES string of the molecule is CCCCCNC(=O)COc1cc(CCC[C@H]2C[C@]3(C)[C@@H](O)CC[C@H]3[C@@H]3CCC4CC(=O)CC[C@]4(C)[C@@H]23)cc(OCC(=O)NCCCCC)c1. The van der Waals surface area contributed by atoms with Crippen molar-refractivity contribution in [2.24, 2.45) is 40.4 Å². The first-order valence-electron chi connectivity index (χ1n) is 20.2. The van der Waals surface area contributed by atoms with Gasteiger partial charge in [0.2, 0.25) is 0 Å². The van der Waals surface area contributed by atoms with Gasteiger partial charge in [-0.25, -0.2) is 0 Å². The van der Waals surface area contributed by atoms with Crippen molar-refractivity contribution in [1.82, 2.24) is 10.6 Å². The van der Waals surface area contributed by atoms with Crippen LogP contribution in [0.4, 0.5) is 0 Å². The Balaban J connectivity index is 1.27. The zero-order valence-electron chi connectivity index (χ0n) is 31.5. The highest BCUT2D eigenvalue weighted by atomic mass is 16.5. The number of hydrogen-bond donors (Lipinski definition) is 3. The predicted molar refractivity (Wildman–Crippen MR) is 197 cm³/mol. The number of ether oxygens (including phenoxy) is 2. The maximum atomic E-state index is 12.6. The summed E-state index contributed by atoms with van der Waals surface area (Å²) in [4.78, 5) is 37.6. The molecule has 4 fully saturated rings. The molecular weight excluding hydrogens is 628 g/mol. The molecule has 50 heavy (non-hydrogen) atoms. The first-order chi connectivity index (χ1) is 24.1. The van der Waals surface area contributed by atoms with Gasteiger partial charge < -0.3 is 25.2 Å². The zero-order valence-corrected chi connectivity index (χ0v) is 31.5.